The Morgan fingerprint density at radius 2 is 2.11 bits per heavy atom. The number of carbonyl (C=O) groups excluding carboxylic acids is 2. The summed E-state index contributed by atoms with van der Waals surface area (Å²) in [6.45, 7) is 4.39. The molecule has 0 bridgehead atoms. The molecule has 0 radical (unpaired) electrons. The van der Waals surface area contributed by atoms with Gasteiger partial charge in [0.05, 0.1) is 18.6 Å². The lowest BCUT2D eigenvalue weighted by Gasteiger charge is -2.21. The lowest BCUT2D eigenvalue weighted by atomic mass is 9.89. The smallest absolute Gasteiger partial charge is 0.239 e. The summed E-state index contributed by atoms with van der Waals surface area (Å²) in [5.74, 6) is -0.255. The Morgan fingerprint density at radius 1 is 1.39 bits per heavy atom. The van der Waals surface area contributed by atoms with E-state index in [2.05, 4.69) is 16.0 Å². The summed E-state index contributed by atoms with van der Waals surface area (Å²) in [5, 5.41) is 8.45. The first-order valence-corrected chi connectivity index (χ1v) is 5.83. The maximum Gasteiger partial charge on any atom is 0.239 e. The van der Waals surface area contributed by atoms with Crippen LogP contribution in [0.1, 0.15) is 13.3 Å². The Kier molecular flexibility index (Phi) is 7.90. The first-order chi connectivity index (χ1) is 8.08. The van der Waals surface area contributed by atoms with Crippen LogP contribution in [0.3, 0.4) is 0 Å². The van der Waals surface area contributed by atoms with Crippen LogP contribution in [0.15, 0.2) is 0 Å². The zero-order valence-corrected chi connectivity index (χ0v) is 11.7. The molecular weight excluding hydrogens is 258 g/mol. The second-order valence-electron chi connectivity index (χ2n) is 4.51. The van der Waals surface area contributed by atoms with Crippen LogP contribution in [0, 0.1) is 5.41 Å². The van der Waals surface area contributed by atoms with E-state index in [1.807, 2.05) is 6.92 Å². The molecule has 0 spiro atoms. The van der Waals surface area contributed by atoms with Crippen molar-refractivity contribution >= 4 is 24.2 Å². The SMILES string of the molecule is COCCNC(=O)CNC(=O)C1(C)CCNC1.Cl. The summed E-state index contributed by atoms with van der Waals surface area (Å²) in [5.41, 5.74) is -0.382. The normalized spacial score (nSPS) is 22.1. The molecule has 1 fully saturated rings. The van der Waals surface area contributed by atoms with E-state index in [1.54, 1.807) is 7.11 Å². The van der Waals surface area contributed by atoms with Crippen molar-refractivity contribution in [1.29, 1.82) is 0 Å². The standard InChI is InChI=1S/C11H21N3O3.ClH/c1-11(3-4-12-8-11)10(16)14-7-9(15)13-5-6-17-2;/h12H,3-8H2,1-2H3,(H,13,15)(H,14,16);1H. The molecule has 1 rings (SSSR count). The lowest BCUT2D eigenvalue weighted by molar-refractivity contribution is -0.131. The summed E-state index contributed by atoms with van der Waals surface area (Å²) < 4.78 is 4.80. The van der Waals surface area contributed by atoms with Gasteiger partial charge >= 0.3 is 0 Å². The van der Waals surface area contributed by atoms with Crippen LogP contribution in [-0.4, -0.2) is 51.7 Å². The molecule has 2 amide bonds. The van der Waals surface area contributed by atoms with Crippen molar-refractivity contribution in [3.8, 4) is 0 Å². The van der Waals surface area contributed by atoms with Crippen LogP contribution < -0.4 is 16.0 Å². The average molecular weight is 280 g/mol. The molecule has 0 aromatic heterocycles. The van der Waals surface area contributed by atoms with Crippen LogP contribution in [0.4, 0.5) is 0 Å². The van der Waals surface area contributed by atoms with Gasteiger partial charge in [-0.2, -0.15) is 0 Å². The molecule has 0 aliphatic carbocycles. The minimum atomic E-state index is -0.382. The van der Waals surface area contributed by atoms with Gasteiger partial charge in [-0.1, -0.05) is 0 Å². The van der Waals surface area contributed by atoms with E-state index >= 15 is 0 Å². The third-order valence-corrected chi connectivity index (χ3v) is 2.95. The van der Waals surface area contributed by atoms with Gasteiger partial charge in [0, 0.05) is 20.2 Å². The van der Waals surface area contributed by atoms with E-state index in [0.717, 1.165) is 13.0 Å². The number of nitrogens with one attached hydrogen (secondary N) is 3. The molecule has 18 heavy (non-hydrogen) atoms. The van der Waals surface area contributed by atoms with Crippen molar-refractivity contribution in [2.24, 2.45) is 5.41 Å². The van der Waals surface area contributed by atoms with Crippen LogP contribution in [0.5, 0.6) is 0 Å². The maximum absolute atomic E-state index is 11.8. The largest absolute Gasteiger partial charge is 0.383 e. The molecule has 7 heteroatoms. The summed E-state index contributed by atoms with van der Waals surface area (Å²) >= 11 is 0. The highest BCUT2D eigenvalue weighted by molar-refractivity contribution is 5.88. The first-order valence-electron chi connectivity index (χ1n) is 5.83. The van der Waals surface area contributed by atoms with Crippen LogP contribution in [0.25, 0.3) is 0 Å². The van der Waals surface area contributed by atoms with Crippen LogP contribution >= 0.6 is 12.4 Å². The number of amides is 2. The van der Waals surface area contributed by atoms with Crippen molar-refractivity contribution in [1.82, 2.24) is 16.0 Å². The van der Waals surface area contributed by atoms with E-state index in [-0.39, 0.29) is 36.2 Å². The Bertz CT molecular complexity index is 281. The van der Waals surface area contributed by atoms with Gasteiger partial charge in [0.2, 0.25) is 11.8 Å². The van der Waals surface area contributed by atoms with Gasteiger partial charge in [-0.15, -0.1) is 12.4 Å². The fourth-order valence-corrected chi connectivity index (χ4v) is 1.74. The van der Waals surface area contributed by atoms with E-state index in [9.17, 15) is 9.59 Å². The highest BCUT2D eigenvalue weighted by atomic mass is 35.5. The van der Waals surface area contributed by atoms with E-state index in [0.29, 0.717) is 19.7 Å². The molecule has 1 aliphatic heterocycles. The van der Waals surface area contributed by atoms with E-state index in [4.69, 9.17) is 4.74 Å². The second-order valence-corrected chi connectivity index (χ2v) is 4.51. The summed E-state index contributed by atoms with van der Waals surface area (Å²) in [6, 6.07) is 0. The lowest BCUT2D eigenvalue weighted by Crippen LogP contribution is -2.45. The monoisotopic (exact) mass is 279 g/mol. The van der Waals surface area contributed by atoms with Crippen LogP contribution in [0.2, 0.25) is 0 Å². The fourth-order valence-electron chi connectivity index (χ4n) is 1.74. The number of ether oxygens (including phenoxy) is 1. The minimum absolute atomic E-state index is 0. The molecule has 1 atom stereocenters. The third kappa shape index (κ3) is 5.20. The maximum atomic E-state index is 11.8. The van der Waals surface area contributed by atoms with Gasteiger partial charge in [0.25, 0.3) is 0 Å². The predicted octanol–water partition coefficient (Wildman–Crippen LogP) is -0.713. The van der Waals surface area contributed by atoms with Gasteiger partial charge in [-0.25, -0.2) is 0 Å². The number of rotatable bonds is 6. The minimum Gasteiger partial charge on any atom is -0.383 e. The quantitative estimate of drug-likeness (QED) is 0.561. The number of hydrogen-bond donors (Lipinski definition) is 3. The van der Waals surface area contributed by atoms with Crippen molar-refractivity contribution in [3.63, 3.8) is 0 Å². The van der Waals surface area contributed by atoms with Crippen molar-refractivity contribution in [3.05, 3.63) is 0 Å². The molecule has 0 aromatic carbocycles. The Labute approximate surface area is 114 Å². The summed E-state index contributed by atoms with van der Waals surface area (Å²) in [6.07, 6.45) is 0.810. The molecule has 106 valence electrons. The summed E-state index contributed by atoms with van der Waals surface area (Å²) in [7, 11) is 1.57. The zero-order chi connectivity index (χ0) is 12.7. The second kappa shape index (κ2) is 8.29. The van der Waals surface area contributed by atoms with E-state index in [1.165, 1.54) is 0 Å². The van der Waals surface area contributed by atoms with Crippen molar-refractivity contribution in [2.45, 2.75) is 13.3 Å². The summed E-state index contributed by atoms with van der Waals surface area (Å²) in [4.78, 5) is 23.2. The average Bonchev–Trinajstić information content (AvgIpc) is 2.75. The van der Waals surface area contributed by atoms with Crippen molar-refractivity contribution < 1.29 is 14.3 Å². The molecule has 1 aliphatic rings. The molecule has 0 saturated carbocycles. The number of methoxy groups -OCH3 is 1. The Balaban J connectivity index is 0.00000289. The first kappa shape index (κ1) is 17.2. The molecule has 1 unspecified atom stereocenters. The molecule has 0 aromatic rings. The molecule has 1 heterocycles. The number of hydrogen-bond acceptors (Lipinski definition) is 4. The number of carbonyl (C=O) groups is 2. The van der Waals surface area contributed by atoms with Gasteiger partial charge in [0.15, 0.2) is 0 Å². The third-order valence-electron chi connectivity index (χ3n) is 2.95. The highest BCUT2D eigenvalue weighted by Gasteiger charge is 2.36. The molecular formula is C11H22ClN3O3. The van der Waals surface area contributed by atoms with Gasteiger partial charge < -0.3 is 20.7 Å². The fraction of sp³-hybridized carbons (Fsp3) is 0.818. The van der Waals surface area contributed by atoms with Gasteiger partial charge in [-0.05, 0) is 19.9 Å². The van der Waals surface area contributed by atoms with Crippen molar-refractivity contribution in [2.75, 3.05) is 39.9 Å². The molecule has 6 nitrogen and oxygen atoms in total. The highest BCUT2D eigenvalue weighted by Crippen LogP contribution is 2.24. The Hall–Kier alpha value is -0.850. The zero-order valence-electron chi connectivity index (χ0n) is 10.9. The van der Waals surface area contributed by atoms with Gasteiger partial charge in [0.1, 0.15) is 0 Å². The molecule has 3 N–H and O–H groups in total. The van der Waals surface area contributed by atoms with Crippen LogP contribution in [-0.2, 0) is 14.3 Å². The Morgan fingerprint density at radius 3 is 2.67 bits per heavy atom. The van der Waals surface area contributed by atoms with Gasteiger partial charge in [-0.3, -0.25) is 9.59 Å². The molecule has 1 saturated heterocycles. The van der Waals surface area contributed by atoms with E-state index < -0.39 is 0 Å². The predicted molar refractivity (Wildman–Crippen MR) is 70.7 cm³/mol. The number of halogens is 1. The topological polar surface area (TPSA) is 79.5 Å².